The minimum absolute atomic E-state index is 0.448. The largest absolute Gasteiger partial charge is 0.481 e. The highest BCUT2D eigenvalue weighted by Crippen LogP contribution is 2.35. The number of carbonyl (C=O) groups is 1. The Hall–Kier alpha value is -1.57. The minimum atomic E-state index is -0.774. The van der Waals surface area contributed by atoms with Crippen molar-refractivity contribution in [2.24, 2.45) is 0 Å². The second kappa shape index (κ2) is 2.73. The van der Waals surface area contributed by atoms with Crippen molar-refractivity contribution in [3.8, 4) is 0 Å². The van der Waals surface area contributed by atoms with Gasteiger partial charge in [-0.2, -0.15) is 0 Å². The van der Waals surface area contributed by atoms with Crippen molar-refractivity contribution in [2.45, 2.75) is 12.8 Å². The van der Waals surface area contributed by atoms with E-state index in [0.717, 1.165) is 16.7 Å². The van der Waals surface area contributed by atoms with E-state index < -0.39 is 11.9 Å². The highest BCUT2D eigenvalue weighted by molar-refractivity contribution is 5.88. The van der Waals surface area contributed by atoms with E-state index in [4.69, 9.17) is 5.11 Å². The van der Waals surface area contributed by atoms with Gasteiger partial charge >= 0.3 is 5.97 Å². The fourth-order valence-electron chi connectivity index (χ4n) is 1.76. The molecule has 1 aromatic rings. The molecule has 1 aromatic carbocycles. The Morgan fingerprint density at radius 1 is 1.38 bits per heavy atom. The molecular formula is C11H10O2. The van der Waals surface area contributed by atoms with Crippen LogP contribution in [0.4, 0.5) is 0 Å². The summed E-state index contributed by atoms with van der Waals surface area (Å²) in [5.41, 5.74) is 3.03. The number of fused-ring (bicyclic) bond motifs is 1. The molecule has 0 saturated heterocycles. The minimum Gasteiger partial charge on any atom is -0.481 e. The Bertz CT molecular complexity index is 391. The molecule has 0 amide bonds. The van der Waals surface area contributed by atoms with Gasteiger partial charge in [-0.1, -0.05) is 30.3 Å². The van der Waals surface area contributed by atoms with Gasteiger partial charge in [-0.05, 0) is 23.6 Å². The molecule has 2 rings (SSSR count). The van der Waals surface area contributed by atoms with Gasteiger partial charge in [0.25, 0.3) is 0 Å². The summed E-state index contributed by atoms with van der Waals surface area (Å²) in [4.78, 5) is 10.9. The third kappa shape index (κ3) is 1.15. The monoisotopic (exact) mass is 174 g/mol. The topological polar surface area (TPSA) is 37.3 Å². The van der Waals surface area contributed by atoms with Crippen LogP contribution < -0.4 is 0 Å². The quantitative estimate of drug-likeness (QED) is 0.709. The third-order valence-electron chi connectivity index (χ3n) is 2.40. The predicted octanol–water partition coefficient (Wildman–Crippen LogP) is 2.27. The summed E-state index contributed by atoms with van der Waals surface area (Å²) in [7, 11) is 0. The molecule has 1 aliphatic carbocycles. The average Bonchev–Trinajstić information content (AvgIpc) is 2.45. The maximum absolute atomic E-state index is 10.9. The van der Waals surface area contributed by atoms with Gasteiger partial charge in [0.15, 0.2) is 0 Å². The molecular weight excluding hydrogens is 164 g/mol. The highest BCUT2D eigenvalue weighted by atomic mass is 16.4. The number of aliphatic carboxylic acids is 1. The van der Waals surface area contributed by atoms with Crippen LogP contribution in [0.15, 0.2) is 30.3 Å². The molecule has 1 atom stereocenters. The SMILES string of the molecule is CC1=CC(C(=O)O)c2ccccc21. The molecule has 0 saturated carbocycles. The van der Waals surface area contributed by atoms with Crippen molar-refractivity contribution in [3.05, 3.63) is 41.5 Å². The van der Waals surface area contributed by atoms with E-state index in [1.54, 1.807) is 6.08 Å². The van der Waals surface area contributed by atoms with Crippen molar-refractivity contribution < 1.29 is 9.90 Å². The summed E-state index contributed by atoms with van der Waals surface area (Å²) >= 11 is 0. The van der Waals surface area contributed by atoms with E-state index in [2.05, 4.69) is 0 Å². The van der Waals surface area contributed by atoms with Gasteiger partial charge in [0.1, 0.15) is 5.92 Å². The van der Waals surface area contributed by atoms with Gasteiger partial charge in [0, 0.05) is 0 Å². The van der Waals surface area contributed by atoms with Gasteiger partial charge in [-0.3, -0.25) is 4.79 Å². The Kier molecular flexibility index (Phi) is 1.69. The molecule has 0 radical (unpaired) electrons. The summed E-state index contributed by atoms with van der Waals surface area (Å²) in [5.74, 6) is -1.22. The van der Waals surface area contributed by atoms with Crippen molar-refractivity contribution in [2.75, 3.05) is 0 Å². The molecule has 2 nitrogen and oxygen atoms in total. The van der Waals surface area contributed by atoms with Crippen molar-refractivity contribution in [3.63, 3.8) is 0 Å². The lowest BCUT2D eigenvalue weighted by Crippen LogP contribution is -2.06. The lowest BCUT2D eigenvalue weighted by molar-refractivity contribution is -0.137. The number of hydrogen-bond donors (Lipinski definition) is 1. The number of rotatable bonds is 1. The zero-order chi connectivity index (χ0) is 9.42. The van der Waals surface area contributed by atoms with Crippen LogP contribution in [-0.2, 0) is 4.79 Å². The van der Waals surface area contributed by atoms with Crippen molar-refractivity contribution >= 4 is 11.5 Å². The molecule has 66 valence electrons. The maximum atomic E-state index is 10.9. The number of carboxylic acids is 1. The molecule has 13 heavy (non-hydrogen) atoms. The standard InChI is InChI=1S/C11H10O2/c1-7-6-10(11(12)13)9-5-3-2-4-8(7)9/h2-6,10H,1H3,(H,12,13). The molecule has 1 unspecified atom stereocenters. The smallest absolute Gasteiger partial charge is 0.314 e. The van der Waals surface area contributed by atoms with Gasteiger partial charge in [0.2, 0.25) is 0 Å². The lowest BCUT2D eigenvalue weighted by Gasteiger charge is -2.04. The first-order valence-corrected chi connectivity index (χ1v) is 4.20. The fraction of sp³-hybridized carbons (Fsp3) is 0.182. The first-order chi connectivity index (χ1) is 6.20. The van der Waals surface area contributed by atoms with Crippen molar-refractivity contribution in [1.82, 2.24) is 0 Å². The summed E-state index contributed by atoms with van der Waals surface area (Å²) in [6.45, 7) is 1.95. The number of carboxylic acid groups (broad SMARTS) is 1. The van der Waals surface area contributed by atoms with Gasteiger partial charge < -0.3 is 5.11 Å². The van der Waals surface area contributed by atoms with Crippen LogP contribution in [0.1, 0.15) is 24.0 Å². The average molecular weight is 174 g/mol. The highest BCUT2D eigenvalue weighted by Gasteiger charge is 2.25. The molecule has 1 aliphatic rings. The zero-order valence-corrected chi connectivity index (χ0v) is 7.32. The van der Waals surface area contributed by atoms with Crippen LogP contribution in [0.2, 0.25) is 0 Å². The second-order valence-corrected chi connectivity index (χ2v) is 3.25. The molecule has 0 aromatic heterocycles. The first kappa shape index (κ1) is 8.05. The molecule has 0 fully saturated rings. The molecule has 0 aliphatic heterocycles. The van der Waals surface area contributed by atoms with Crippen LogP contribution in [-0.4, -0.2) is 11.1 Å². The third-order valence-corrected chi connectivity index (χ3v) is 2.40. The molecule has 1 N–H and O–H groups in total. The fourth-order valence-corrected chi connectivity index (χ4v) is 1.76. The van der Waals surface area contributed by atoms with Crippen LogP contribution in [0.25, 0.3) is 5.57 Å². The van der Waals surface area contributed by atoms with E-state index in [1.165, 1.54) is 0 Å². The first-order valence-electron chi connectivity index (χ1n) is 4.20. The van der Waals surface area contributed by atoms with Gasteiger partial charge in [0.05, 0.1) is 0 Å². The van der Waals surface area contributed by atoms with Crippen LogP contribution in [0, 0.1) is 0 Å². The normalized spacial score (nSPS) is 19.5. The van der Waals surface area contributed by atoms with Gasteiger partial charge in [-0.25, -0.2) is 0 Å². The van der Waals surface area contributed by atoms with E-state index in [-0.39, 0.29) is 0 Å². The van der Waals surface area contributed by atoms with Crippen LogP contribution in [0.3, 0.4) is 0 Å². The van der Waals surface area contributed by atoms with E-state index in [9.17, 15) is 4.79 Å². The summed E-state index contributed by atoms with van der Waals surface area (Å²) in [6, 6.07) is 7.65. The van der Waals surface area contributed by atoms with E-state index in [1.807, 2.05) is 31.2 Å². The van der Waals surface area contributed by atoms with Crippen LogP contribution >= 0.6 is 0 Å². The summed E-state index contributed by atoms with van der Waals surface area (Å²) in [6.07, 6.45) is 1.80. The maximum Gasteiger partial charge on any atom is 0.314 e. The predicted molar refractivity (Wildman–Crippen MR) is 50.5 cm³/mol. The summed E-state index contributed by atoms with van der Waals surface area (Å²) < 4.78 is 0. The molecule has 0 heterocycles. The van der Waals surface area contributed by atoms with E-state index >= 15 is 0 Å². The Morgan fingerprint density at radius 3 is 2.77 bits per heavy atom. The van der Waals surface area contributed by atoms with Crippen molar-refractivity contribution in [1.29, 1.82) is 0 Å². The number of hydrogen-bond acceptors (Lipinski definition) is 1. The van der Waals surface area contributed by atoms with Gasteiger partial charge in [-0.15, -0.1) is 0 Å². The van der Waals surface area contributed by atoms with Crippen LogP contribution in [0.5, 0.6) is 0 Å². The Balaban J connectivity index is 2.56. The molecule has 0 spiro atoms. The molecule has 2 heteroatoms. The summed E-state index contributed by atoms with van der Waals surface area (Å²) in [5, 5.41) is 8.93. The number of benzene rings is 1. The Labute approximate surface area is 76.5 Å². The second-order valence-electron chi connectivity index (χ2n) is 3.25. The Morgan fingerprint density at radius 2 is 2.08 bits per heavy atom. The lowest BCUT2D eigenvalue weighted by atomic mass is 10.0. The van der Waals surface area contributed by atoms with E-state index in [0.29, 0.717) is 0 Å². The zero-order valence-electron chi connectivity index (χ0n) is 7.32. The number of allylic oxidation sites excluding steroid dienone is 1. The molecule has 0 bridgehead atoms.